The van der Waals surface area contributed by atoms with Gasteiger partial charge in [0, 0.05) is 12.6 Å². The first-order valence-corrected chi connectivity index (χ1v) is 7.20. The molecule has 0 saturated heterocycles. The third kappa shape index (κ3) is 3.74. The van der Waals surface area contributed by atoms with E-state index in [1.165, 1.54) is 4.57 Å². The third-order valence-corrected chi connectivity index (χ3v) is 3.19. The van der Waals surface area contributed by atoms with Crippen LogP contribution in [0.4, 0.5) is 4.79 Å². The minimum Gasteiger partial charge on any atom is -0.425 e. The summed E-state index contributed by atoms with van der Waals surface area (Å²) in [6.45, 7) is 4.16. The molecule has 2 heterocycles. The smallest absolute Gasteiger partial charge is 0.406 e. The van der Waals surface area contributed by atoms with Gasteiger partial charge in [0.15, 0.2) is 11.0 Å². The Kier molecular flexibility index (Phi) is 4.99. The zero-order valence-corrected chi connectivity index (χ0v) is 13.1. The van der Waals surface area contributed by atoms with Gasteiger partial charge in [0.25, 0.3) is 5.56 Å². The van der Waals surface area contributed by atoms with E-state index in [9.17, 15) is 9.59 Å². The molecule has 9 heteroatoms. The lowest BCUT2D eigenvalue weighted by atomic mass is 10.3. The first-order valence-electron chi connectivity index (χ1n) is 6.79. The lowest BCUT2D eigenvalue weighted by molar-refractivity contribution is 0.0133. The summed E-state index contributed by atoms with van der Waals surface area (Å²) in [5.41, 5.74) is 5.62. The van der Waals surface area contributed by atoms with E-state index in [4.69, 9.17) is 27.4 Å². The summed E-state index contributed by atoms with van der Waals surface area (Å²) in [6.07, 6.45) is 0.389. The number of aromatic amines is 2. The summed E-state index contributed by atoms with van der Waals surface area (Å²) in [4.78, 5) is 28.6. The number of primary amides is 1. The molecule has 0 aromatic carbocycles. The normalized spacial score (nSPS) is 12.7. The van der Waals surface area contributed by atoms with Gasteiger partial charge < -0.3 is 24.8 Å². The van der Waals surface area contributed by atoms with Crippen LogP contribution in [0.5, 0.6) is 0 Å². The number of nitrogens with two attached hydrogens (primary N) is 1. The van der Waals surface area contributed by atoms with Crippen molar-refractivity contribution in [3.05, 3.63) is 27.4 Å². The van der Waals surface area contributed by atoms with Crippen LogP contribution >= 0.6 is 12.2 Å². The lowest BCUT2D eigenvalue weighted by Gasteiger charge is -2.19. The SMILES string of the molecule is CC(C)OCCC(OC(N)=O)n1ccc2[nH]c(=S)[nH]c(=O)c21. The van der Waals surface area contributed by atoms with E-state index in [2.05, 4.69) is 9.97 Å². The quantitative estimate of drug-likeness (QED) is 0.700. The molecule has 2 aromatic rings. The van der Waals surface area contributed by atoms with E-state index in [0.29, 0.717) is 24.1 Å². The Hall–Kier alpha value is -2.13. The number of carbonyl (C=O) groups is 1. The maximum atomic E-state index is 12.1. The molecule has 1 amide bonds. The highest BCUT2D eigenvalue weighted by atomic mass is 32.1. The van der Waals surface area contributed by atoms with Gasteiger partial charge in [-0.1, -0.05) is 0 Å². The van der Waals surface area contributed by atoms with Gasteiger partial charge in [0.2, 0.25) is 0 Å². The molecule has 4 N–H and O–H groups in total. The van der Waals surface area contributed by atoms with Crippen LogP contribution in [-0.4, -0.2) is 33.3 Å². The van der Waals surface area contributed by atoms with Crippen LogP contribution in [0, 0.1) is 4.77 Å². The Morgan fingerprint density at radius 1 is 1.45 bits per heavy atom. The molecular formula is C13H18N4O4S. The molecule has 1 unspecified atom stereocenters. The van der Waals surface area contributed by atoms with Crippen molar-refractivity contribution in [1.82, 2.24) is 14.5 Å². The van der Waals surface area contributed by atoms with Crippen LogP contribution in [0.15, 0.2) is 17.1 Å². The van der Waals surface area contributed by atoms with Crippen molar-refractivity contribution in [1.29, 1.82) is 0 Å². The molecule has 0 aliphatic carbocycles. The summed E-state index contributed by atoms with van der Waals surface area (Å²) in [5, 5.41) is 0. The van der Waals surface area contributed by atoms with E-state index in [0.717, 1.165) is 0 Å². The predicted octanol–water partition coefficient (Wildman–Crippen LogP) is 1.80. The fourth-order valence-corrected chi connectivity index (χ4v) is 2.34. The maximum absolute atomic E-state index is 12.1. The molecule has 0 aliphatic heterocycles. The Bertz CT molecular complexity index is 776. The number of hydrogen-bond donors (Lipinski definition) is 3. The van der Waals surface area contributed by atoms with E-state index >= 15 is 0 Å². The molecular weight excluding hydrogens is 308 g/mol. The summed E-state index contributed by atoms with van der Waals surface area (Å²) in [5.74, 6) is 0. The van der Waals surface area contributed by atoms with Crippen LogP contribution in [0.1, 0.15) is 26.5 Å². The number of carbonyl (C=O) groups excluding carboxylic acids is 1. The van der Waals surface area contributed by atoms with Crippen molar-refractivity contribution in [3.63, 3.8) is 0 Å². The van der Waals surface area contributed by atoms with Crippen LogP contribution in [0.25, 0.3) is 11.0 Å². The van der Waals surface area contributed by atoms with Crippen LogP contribution in [0.3, 0.4) is 0 Å². The molecule has 0 radical (unpaired) electrons. The Morgan fingerprint density at radius 2 is 2.18 bits per heavy atom. The minimum atomic E-state index is -0.920. The van der Waals surface area contributed by atoms with Crippen LogP contribution in [-0.2, 0) is 9.47 Å². The van der Waals surface area contributed by atoms with Gasteiger partial charge in [-0.05, 0) is 32.1 Å². The summed E-state index contributed by atoms with van der Waals surface area (Å²) < 4.78 is 12.3. The zero-order valence-electron chi connectivity index (χ0n) is 12.3. The van der Waals surface area contributed by atoms with Crippen molar-refractivity contribution in [2.24, 2.45) is 5.73 Å². The van der Waals surface area contributed by atoms with E-state index in [1.54, 1.807) is 12.3 Å². The first-order chi connectivity index (χ1) is 10.4. The van der Waals surface area contributed by atoms with Gasteiger partial charge in [0.1, 0.15) is 5.52 Å². The summed E-state index contributed by atoms with van der Waals surface area (Å²) in [6, 6.07) is 1.68. The van der Waals surface area contributed by atoms with E-state index in [1.807, 2.05) is 13.8 Å². The van der Waals surface area contributed by atoms with E-state index in [-0.39, 0.29) is 16.4 Å². The van der Waals surface area contributed by atoms with Gasteiger partial charge in [-0.25, -0.2) is 4.79 Å². The minimum absolute atomic E-state index is 0.0511. The molecule has 0 saturated carbocycles. The van der Waals surface area contributed by atoms with Crippen molar-refractivity contribution in [2.75, 3.05) is 6.61 Å². The van der Waals surface area contributed by atoms with Crippen molar-refractivity contribution >= 4 is 29.3 Å². The Labute approximate surface area is 131 Å². The molecule has 2 rings (SSSR count). The molecule has 0 fully saturated rings. The second kappa shape index (κ2) is 6.75. The monoisotopic (exact) mass is 326 g/mol. The second-order valence-electron chi connectivity index (χ2n) is 4.99. The number of nitrogens with one attached hydrogen (secondary N) is 2. The number of H-pyrrole nitrogens is 2. The highest BCUT2D eigenvalue weighted by Gasteiger charge is 2.19. The lowest BCUT2D eigenvalue weighted by Crippen LogP contribution is -2.25. The molecule has 0 aliphatic rings. The number of aromatic nitrogens is 3. The second-order valence-corrected chi connectivity index (χ2v) is 5.40. The average molecular weight is 326 g/mol. The topological polar surface area (TPSA) is 115 Å². The standard InChI is InChI=1S/C13H18N4O4S/c1-7(2)20-6-4-9(21-12(14)19)17-5-3-8-10(17)11(18)16-13(22)15-8/h3,5,7,9H,4,6H2,1-2H3,(H2,14,19)(H2,15,16,18,22). The number of fused-ring (bicyclic) bond motifs is 1. The zero-order chi connectivity index (χ0) is 16.3. The first kappa shape index (κ1) is 16.2. The largest absolute Gasteiger partial charge is 0.425 e. The molecule has 2 aromatic heterocycles. The van der Waals surface area contributed by atoms with Gasteiger partial charge in [0.05, 0.1) is 18.2 Å². The fraction of sp³-hybridized carbons (Fsp3) is 0.462. The van der Waals surface area contributed by atoms with Gasteiger partial charge in [-0.15, -0.1) is 0 Å². The van der Waals surface area contributed by atoms with Gasteiger partial charge >= 0.3 is 6.09 Å². The van der Waals surface area contributed by atoms with Gasteiger partial charge in [-0.2, -0.15) is 0 Å². The Morgan fingerprint density at radius 3 is 2.82 bits per heavy atom. The molecule has 0 bridgehead atoms. The number of ether oxygens (including phenoxy) is 2. The fourth-order valence-electron chi connectivity index (χ4n) is 2.14. The number of nitrogens with zero attached hydrogens (tertiary/aromatic N) is 1. The van der Waals surface area contributed by atoms with Crippen molar-refractivity contribution in [3.8, 4) is 0 Å². The van der Waals surface area contributed by atoms with Crippen LogP contribution < -0.4 is 11.3 Å². The molecule has 1 atom stereocenters. The number of amides is 1. The highest BCUT2D eigenvalue weighted by molar-refractivity contribution is 7.71. The molecule has 120 valence electrons. The average Bonchev–Trinajstić information content (AvgIpc) is 2.80. The van der Waals surface area contributed by atoms with Crippen molar-refractivity contribution < 1.29 is 14.3 Å². The molecule has 22 heavy (non-hydrogen) atoms. The highest BCUT2D eigenvalue weighted by Crippen LogP contribution is 2.20. The molecule has 8 nitrogen and oxygen atoms in total. The van der Waals surface area contributed by atoms with E-state index < -0.39 is 12.3 Å². The van der Waals surface area contributed by atoms with Crippen molar-refractivity contribution in [2.45, 2.75) is 32.6 Å². The Balaban J connectivity index is 2.36. The maximum Gasteiger partial charge on any atom is 0.406 e. The van der Waals surface area contributed by atoms with Gasteiger partial charge in [-0.3, -0.25) is 9.78 Å². The number of rotatable bonds is 6. The number of hydrogen-bond acceptors (Lipinski definition) is 5. The molecule has 0 spiro atoms. The third-order valence-electron chi connectivity index (χ3n) is 2.98. The predicted molar refractivity (Wildman–Crippen MR) is 83.2 cm³/mol. The van der Waals surface area contributed by atoms with Crippen LogP contribution in [0.2, 0.25) is 0 Å². The summed E-state index contributed by atoms with van der Waals surface area (Å²) in [7, 11) is 0. The summed E-state index contributed by atoms with van der Waals surface area (Å²) >= 11 is 4.92.